The van der Waals surface area contributed by atoms with Gasteiger partial charge in [0.25, 0.3) is 0 Å². The normalized spacial score (nSPS) is 17.1. The quantitative estimate of drug-likeness (QED) is 0.671. The maximum absolute atomic E-state index is 12.1. The number of carbonyl (C=O) groups excluding carboxylic acids is 1. The lowest BCUT2D eigenvalue weighted by Gasteiger charge is -2.02. The highest BCUT2D eigenvalue weighted by Crippen LogP contribution is 2.51. The summed E-state index contributed by atoms with van der Waals surface area (Å²) in [4.78, 5) is 12.1. The number of hydrogen-bond acceptors (Lipinski definition) is 1. The van der Waals surface area contributed by atoms with Gasteiger partial charge >= 0.3 is 0 Å². The van der Waals surface area contributed by atoms with Gasteiger partial charge in [-0.2, -0.15) is 0 Å². The SMILES string of the molecule is CC1=C2C(=C(C)C1=O)c1cccc3cccc2c13. The van der Waals surface area contributed by atoms with E-state index in [0.717, 1.165) is 22.3 Å². The number of allylic oxidation sites excluding steroid dienone is 4. The van der Waals surface area contributed by atoms with Gasteiger partial charge in [-0.15, -0.1) is 0 Å². The lowest BCUT2D eigenvalue weighted by molar-refractivity contribution is -0.111. The number of ketones is 1. The Hall–Kier alpha value is -2.15. The van der Waals surface area contributed by atoms with Crippen LogP contribution < -0.4 is 0 Å². The van der Waals surface area contributed by atoms with Gasteiger partial charge in [-0.05, 0) is 46.9 Å². The summed E-state index contributed by atoms with van der Waals surface area (Å²) in [5.41, 5.74) is 6.55. The van der Waals surface area contributed by atoms with Crippen molar-refractivity contribution in [1.29, 1.82) is 0 Å². The van der Waals surface area contributed by atoms with Crippen LogP contribution in [-0.2, 0) is 4.79 Å². The topological polar surface area (TPSA) is 17.1 Å². The molecule has 1 heteroatoms. The Labute approximate surface area is 105 Å². The van der Waals surface area contributed by atoms with E-state index >= 15 is 0 Å². The minimum atomic E-state index is 0.200. The van der Waals surface area contributed by atoms with Gasteiger partial charge in [0.15, 0.2) is 5.78 Å². The van der Waals surface area contributed by atoms with E-state index in [1.54, 1.807) is 0 Å². The molecule has 0 amide bonds. The number of hydrogen-bond donors (Lipinski definition) is 0. The summed E-state index contributed by atoms with van der Waals surface area (Å²) in [6, 6.07) is 12.7. The van der Waals surface area contributed by atoms with Gasteiger partial charge in [-0.3, -0.25) is 4.79 Å². The minimum Gasteiger partial charge on any atom is -0.289 e. The summed E-state index contributed by atoms with van der Waals surface area (Å²) in [6.45, 7) is 3.89. The molecule has 18 heavy (non-hydrogen) atoms. The Morgan fingerprint density at radius 1 is 0.778 bits per heavy atom. The van der Waals surface area contributed by atoms with Crippen LogP contribution in [0.3, 0.4) is 0 Å². The van der Waals surface area contributed by atoms with Crippen LogP contribution in [0.15, 0.2) is 47.5 Å². The average molecular weight is 232 g/mol. The van der Waals surface area contributed by atoms with Crippen LogP contribution >= 0.6 is 0 Å². The van der Waals surface area contributed by atoms with Gasteiger partial charge < -0.3 is 0 Å². The molecule has 2 aliphatic rings. The van der Waals surface area contributed by atoms with Crippen molar-refractivity contribution >= 4 is 27.7 Å². The van der Waals surface area contributed by atoms with Crippen LogP contribution in [0.4, 0.5) is 0 Å². The van der Waals surface area contributed by atoms with E-state index < -0.39 is 0 Å². The average Bonchev–Trinajstić information content (AvgIpc) is 2.83. The molecule has 2 aliphatic carbocycles. The van der Waals surface area contributed by atoms with Crippen LogP contribution in [0.5, 0.6) is 0 Å². The molecule has 4 rings (SSSR count). The molecule has 0 N–H and O–H groups in total. The fourth-order valence-electron chi connectivity index (χ4n) is 3.31. The fraction of sp³-hybridized carbons (Fsp3) is 0.118. The fourth-order valence-corrected chi connectivity index (χ4v) is 3.31. The second-order valence-corrected chi connectivity index (χ2v) is 5.04. The molecule has 0 aliphatic heterocycles. The van der Waals surface area contributed by atoms with Gasteiger partial charge in [0.05, 0.1) is 0 Å². The summed E-state index contributed by atoms with van der Waals surface area (Å²) >= 11 is 0. The van der Waals surface area contributed by atoms with Crippen LogP contribution in [0.2, 0.25) is 0 Å². The third-order valence-corrected chi connectivity index (χ3v) is 4.12. The molecular weight excluding hydrogens is 220 g/mol. The molecular formula is C17H12O. The van der Waals surface area contributed by atoms with Crippen LogP contribution in [0.25, 0.3) is 21.9 Å². The highest BCUT2D eigenvalue weighted by atomic mass is 16.1. The van der Waals surface area contributed by atoms with Crippen LogP contribution in [0.1, 0.15) is 25.0 Å². The van der Waals surface area contributed by atoms with Gasteiger partial charge in [0.2, 0.25) is 0 Å². The number of benzene rings is 2. The van der Waals surface area contributed by atoms with Crippen LogP contribution in [-0.4, -0.2) is 5.78 Å². The third kappa shape index (κ3) is 0.920. The summed E-state index contributed by atoms with van der Waals surface area (Å²) < 4.78 is 0. The molecule has 0 atom stereocenters. The Bertz CT molecular complexity index is 741. The van der Waals surface area contributed by atoms with E-state index in [1.165, 1.54) is 21.9 Å². The highest BCUT2D eigenvalue weighted by molar-refractivity contribution is 6.37. The molecule has 2 aromatic carbocycles. The monoisotopic (exact) mass is 232 g/mol. The van der Waals surface area contributed by atoms with Crippen molar-refractivity contribution in [2.24, 2.45) is 0 Å². The van der Waals surface area contributed by atoms with Gasteiger partial charge in [0, 0.05) is 11.1 Å². The molecule has 0 aromatic heterocycles. The maximum atomic E-state index is 12.1. The zero-order valence-electron chi connectivity index (χ0n) is 10.4. The lowest BCUT2D eigenvalue weighted by Crippen LogP contribution is -1.97. The zero-order valence-corrected chi connectivity index (χ0v) is 10.4. The molecule has 0 bridgehead atoms. The van der Waals surface area contributed by atoms with Gasteiger partial charge in [-0.1, -0.05) is 36.4 Å². The highest BCUT2D eigenvalue weighted by Gasteiger charge is 2.34. The smallest absolute Gasteiger partial charge is 0.185 e. The maximum Gasteiger partial charge on any atom is 0.185 e. The molecule has 0 radical (unpaired) electrons. The minimum absolute atomic E-state index is 0.200. The Kier molecular flexibility index (Phi) is 1.64. The van der Waals surface area contributed by atoms with Crippen molar-refractivity contribution in [2.45, 2.75) is 13.8 Å². The van der Waals surface area contributed by atoms with E-state index in [1.807, 2.05) is 13.8 Å². The zero-order chi connectivity index (χ0) is 12.4. The number of rotatable bonds is 0. The van der Waals surface area contributed by atoms with Gasteiger partial charge in [0.1, 0.15) is 0 Å². The van der Waals surface area contributed by atoms with Crippen LogP contribution in [0, 0.1) is 0 Å². The number of carbonyl (C=O) groups is 1. The van der Waals surface area contributed by atoms with Crippen molar-refractivity contribution in [3.63, 3.8) is 0 Å². The van der Waals surface area contributed by atoms with Crippen molar-refractivity contribution in [3.8, 4) is 0 Å². The Balaban J connectivity index is 2.28. The van der Waals surface area contributed by atoms with Crippen molar-refractivity contribution in [3.05, 3.63) is 58.7 Å². The summed E-state index contributed by atoms with van der Waals surface area (Å²) in [5.74, 6) is 0.200. The summed E-state index contributed by atoms with van der Waals surface area (Å²) in [6.07, 6.45) is 0. The standard InChI is InChI=1S/C17H12O/c1-9-14-12-7-3-5-11-6-4-8-13(16(11)12)15(14)10(2)17(9)18/h3-8H,1-2H3. The predicted molar refractivity (Wildman–Crippen MR) is 74.1 cm³/mol. The van der Waals surface area contributed by atoms with Crippen molar-refractivity contribution in [2.75, 3.05) is 0 Å². The Morgan fingerprint density at radius 3 is 1.78 bits per heavy atom. The largest absolute Gasteiger partial charge is 0.289 e. The molecule has 0 fully saturated rings. The first-order chi connectivity index (χ1) is 8.70. The molecule has 86 valence electrons. The molecule has 2 aromatic rings. The molecule has 0 heterocycles. The first kappa shape index (κ1) is 9.84. The number of Topliss-reactive ketones (excluding diaryl/α,β-unsaturated/α-hetero) is 1. The second kappa shape index (κ2) is 2.99. The Morgan fingerprint density at radius 2 is 1.28 bits per heavy atom. The molecule has 0 spiro atoms. The first-order valence-electron chi connectivity index (χ1n) is 6.19. The van der Waals surface area contributed by atoms with Crippen molar-refractivity contribution < 1.29 is 4.79 Å². The number of fused-ring (bicyclic) bond motifs is 3. The summed E-state index contributed by atoms with van der Waals surface area (Å²) in [7, 11) is 0. The third-order valence-electron chi connectivity index (χ3n) is 4.12. The molecule has 0 unspecified atom stereocenters. The van der Waals surface area contributed by atoms with E-state index in [4.69, 9.17) is 0 Å². The lowest BCUT2D eigenvalue weighted by atomic mass is 10.0. The van der Waals surface area contributed by atoms with E-state index in [-0.39, 0.29) is 5.78 Å². The predicted octanol–water partition coefficient (Wildman–Crippen LogP) is 3.98. The molecule has 1 nitrogen and oxygen atoms in total. The molecule has 0 saturated heterocycles. The van der Waals surface area contributed by atoms with E-state index in [0.29, 0.717) is 0 Å². The second-order valence-electron chi connectivity index (χ2n) is 5.04. The summed E-state index contributed by atoms with van der Waals surface area (Å²) in [5, 5.41) is 2.56. The molecule has 0 saturated carbocycles. The first-order valence-corrected chi connectivity index (χ1v) is 6.19. The van der Waals surface area contributed by atoms with Crippen molar-refractivity contribution in [1.82, 2.24) is 0 Å². The van der Waals surface area contributed by atoms with E-state index in [9.17, 15) is 4.79 Å². The van der Waals surface area contributed by atoms with Gasteiger partial charge in [-0.25, -0.2) is 0 Å². The van der Waals surface area contributed by atoms with E-state index in [2.05, 4.69) is 36.4 Å².